The summed E-state index contributed by atoms with van der Waals surface area (Å²) in [6, 6.07) is 0. The van der Waals surface area contributed by atoms with Crippen molar-refractivity contribution in [3.05, 3.63) is 48.6 Å². The number of allylic oxidation sites excluding steroid dienone is 8. The molecular formula is C58H104O6. The van der Waals surface area contributed by atoms with Gasteiger partial charge in [0.2, 0.25) is 0 Å². The molecule has 0 saturated heterocycles. The van der Waals surface area contributed by atoms with Gasteiger partial charge in [0, 0.05) is 19.3 Å². The molecule has 0 saturated carbocycles. The van der Waals surface area contributed by atoms with Crippen LogP contribution in [0.4, 0.5) is 0 Å². The highest BCUT2D eigenvalue weighted by atomic mass is 16.6. The molecule has 0 aliphatic carbocycles. The summed E-state index contributed by atoms with van der Waals surface area (Å²) >= 11 is 0. The van der Waals surface area contributed by atoms with E-state index in [2.05, 4.69) is 69.4 Å². The summed E-state index contributed by atoms with van der Waals surface area (Å²) < 4.78 is 16.8. The highest BCUT2D eigenvalue weighted by molar-refractivity contribution is 5.71. The van der Waals surface area contributed by atoms with Crippen molar-refractivity contribution in [2.24, 2.45) is 0 Å². The third-order valence-electron chi connectivity index (χ3n) is 12.1. The number of hydrogen-bond donors (Lipinski definition) is 0. The highest BCUT2D eigenvalue weighted by Gasteiger charge is 2.19. The summed E-state index contributed by atoms with van der Waals surface area (Å²) in [5.74, 6) is -0.900. The van der Waals surface area contributed by atoms with Crippen molar-refractivity contribution in [1.82, 2.24) is 0 Å². The first-order valence-corrected chi connectivity index (χ1v) is 27.7. The van der Waals surface area contributed by atoms with Gasteiger partial charge in [-0.1, -0.05) is 243 Å². The van der Waals surface area contributed by atoms with Crippen LogP contribution in [0.3, 0.4) is 0 Å². The largest absolute Gasteiger partial charge is 0.462 e. The predicted octanol–water partition coefficient (Wildman–Crippen LogP) is 18.3. The number of unbranched alkanes of at least 4 members (excludes halogenated alkanes) is 32. The van der Waals surface area contributed by atoms with Crippen LogP contribution in [0.25, 0.3) is 0 Å². The zero-order valence-corrected chi connectivity index (χ0v) is 42.6. The summed E-state index contributed by atoms with van der Waals surface area (Å²) in [5, 5.41) is 0. The summed E-state index contributed by atoms with van der Waals surface area (Å²) in [6.07, 6.45) is 63.8. The first-order chi connectivity index (χ1) is 31.5. The van der Waals surface area contributed by atoms with E-state index in [9.17, 15) is 14.4 Å². The fourth-order valence-corrected chi connectivity index (χ4v) is 7.94. The van der Waals surface area contributed by atoms with Crippen LogP contribution in [0, 0.1) is 0 Å². The Hall–Kier alpha value is -2.63. The van der Waals surface area contributed by atoms with Gasteiger partial charge in [-0.15, -0.1) is 0 Å². The zero-order valence-electron chi connectivity index (χ0n) is 42.6. The van der Waals surface area contributed by atoms with Gasteiger partial charge in [-0.25, -0.2) is 0 Å². The van der Waals surface area contributed by atoms with Crippen molar-refractivity contribution in [3.8, 4) is 0 Å². The van der Waals surface area contributed by atoms with E-state index < -0.39 is 6.10 Å². The molecule has 0 fully saturated rings. The average molecular weight is 897 g/mol. The third kappa shape index (κ3) is 50.4. The fourth-order valence-electron chi connectivity index (χ4n) is 7.94. The first kappa shape index (κ1) is 61.4. The molecule has 6 nitrogen and oxygen atoms in total. The lowest BCUT2D eigenvalue weighted by Crippen LogP contribution is -2.30. The zero-order chi connectivity index (χ0) is 46.5. The second-order valence-electron chi connectivity index (χ2n) is 18.5. The molecule has 0 radical (unpaired) electrons. The Morgan fingerprint density at radius 2 is 0.656 bits per heavy atom. The van der Waals surface area contributed by atoms with Crippen LogP contribution in [0.2, 0.25) is 0 Å². The molecule has 0 amide bonds. The van der Waals surface area contributed by atoms with Gasteiger partial charge in [0.05, 0.1) is 0 Å². The van der Waals surface area contributed by atoms with Crippen LogP contribution in [0.15, 0.2) is 48.6 Å². The van der Waals surface area contributed by atoms with Crippen LogP contribution in [0.1, 0.15) is 284 Å². The van der Waals surface area contributed by atoms with Gasteiger partial charge in [-0.3, -0.25) is 14.4 Å². The van der Waals surface area contributed by atoms with Gasteiger partial charge >= 0.3 is 17.9 Å². The van der Waals surface area contributed by atoms with E-state index in [-0.39, 0.29) is 31.1 Å². The quantitative estimate of drug-likeness (QED) is 0.0199. The number of hydrogen-bond acceptors (Lipinski definition) is 6. The third-order valence-corrected chi connectivity index (χ3v) is 12.1. The lowest BCUT2D eigenvalue weighted by Gasteiger charge is -2.18. The molecule has 0 spiro atoms. The molecule has 0 aliphatic heterocycles. The monoisotopic (exact) mass is 897 g/mol. The van der Waals surface area contributed by atoms with Gasteiger partial charge in [-0.05, 0) is 70.6 Å². The second kappa shape index (κ2) is 53.0. The maximum Gasteiger partial charge on any atom is 0.306 e. The van der Waals surface area contributed by atoms with Crippen LogP contribution >= 0.6 is 0 Å². The van der Waals surface area contributed by atoms with Crippen LogP contribution in [-0.4, -0.2) is 37.2 Å². The lowest BCUT2D eigenvalue weighted by molar-refractivity contribution is -0.167. The molecule has 0 aliphatic rings. The van der Waals surface area contributed by atoms with E-state index in [0.29, 0.717) is 19.3 Å². The molecule has 0 aromatic carbocycles. The Labute approximate surface area is 397 Å². The SMILES string of the molecule is CC/C=C\C/C=C\CCCCCCCC(=O)OCC(COC(=O)CCCCCCC/C=C\C=C/CCCCCCCCC)OC(=O)CCCCCCCCCCCCCCCCCC. The second-order valence-corrected chi connectivity index (χ2v) is 18.5. The fraction of sp³-hybridized carbons (Fsp3) is 0.810. The topological polar surface area (TPSA) is 78.9 Å². The maximum atomic E-state index is 12.8. The van der Waals surface area contributed by atoms with E-state index in [4.69, 9.17) is 14.2 Å². The molecule has 1 unspecified atom stereocenters. The smallest absolute Gasteiger partial charge is 0.306 e. The molecule has 6 heteroatoms. The van der Waals surface area contributed by atoms with Gasteiger partial charge in [0.1, 0.15) is 13.2 Å². The average Bonchev–Trinajstić information content (AvgIpc) is 3.29. The van der Waals surface area contributed by atoms with Gasteiger partial charge in [0.25, 0.3) is 0 Å². The van der Waals surface area contributed by atoms with Crippen molar-refractivity contribution >= 4 is 17.9 Å². The number of carbonyl (C=O) groups excluding carboxylic acids is 3. The lowest BCUT2D eigenvalue weighted by atomic mass is 10.0. The van der Waals surface area contributed by atoms with Crippen molar-refractivity contribution in [2.45, 2.75) is 290 Å². The molecule has 0 aromatic rings. The molecule has 64 heavy (non-hydrogen) atoms. The molecule has 372 valence electrons. The van der Waals surface area contributed by atoms with Crippen molar-refractivity contribution < 1.29 is 28.6 Å². The van der Waals surface area contributed by atoms with Crippen molar-refractivity contribution in [2.75, 3.05) is 13.2 Å². The Morgan fingerprint density at radius 3 is 1.03 bits per heavy atom. The van der Waals surface area contributed by atoms with E-state index >= 15 is 0 Å². The summed E-state index contributed by atoms with van der Waals surface area (Å²) in [6.45, 7) is 6.53. The minimum atomic E-state index is -0.782. The molecule has 0 N–H and O–H groups in total. The van der Waals surface area contributed by atoms with Crippen LogP contribution in [0.5, 0.6) is 0 Å². The van der Waals surface area contributed by atoms with E-state index in [1.54, 1.807) is 0 Å². The molecule has 0 aromatic heterocycles. The number of ether oxygens (including phenoxy) is 3. The highest BCUT2D eigenvalue weighted by Crippen LogP contribution is 2.16. The summed E-state index contributed by atoms with van der Waals surface area (Å²) in [7, 11) is 0. The molecule has 0 rings (SSSR count). The number of esters is 3. The van der Waals surface area contributed by atoms with E-state index in [1.165, 1.54) is 141 Å². The van der Waals surface area contributed by atoms with E-state index in [1.807, 2.05) is 0 Å². The molecule has 0 bridgehead atoms. The number of carbonyl (C=O) groups is 3. The maximum absolute atomic E-state index is 12.8. The van der Waals surface area contributed by atoms with Crippen molar-refractivity contribution in [1.29, 1.82) is 0 Å². The normalized spacial score (nSPS) is 12.4. The van der Waals surface area contributed by atoms with E-state index in [0.717, 1.165) is 103 Å². The Morgan fingerprint density at radius 1 is 0.344 bits per heavy atom. The Balaban J connectivity index is 4.37. The first-order valence-electron chi connectivity index (χ1n) is 27.7. The minimum Gasteiger partial charge on any atom is -0.462 e. The van der Waals surface area contributed by atoms with Crippen LogP contribution in [-0.2, 0) is 28.6 Å². The molecule has 1 atom stereocenters. The summed E-state index contributed by atoms with van der Waals surface area (Å²) in [5.41, 5.74) is 0. The van der Waals surface area contributed by atoms with Gasteiger partial charge in [0.15, 0.2) is 6.10 Å². The van der Waals surface area contributed by atoms with Crippen molar-refractivity contribution in [3.63, 3.8) is 0 Å². The summed E-state index contributed by atoms with van der Waals surface area (Å²) in [4.78, 5) is 38.0. The van der Waals surface area contributed by atoms with Crippen LogP contribution < -0.4 is 0 Å². The molecular weight excluding hydrogens is 793 g/mol. The number of rotatable bonds is 50. The van der Waals surface area contributed by atoms with Gasteiger partial charge < -0.3 is 14.2 Å². The Kier molecular flexibility index (Phi) is 50.8. The Bertz CT molecular complexity index is 1120. The molecule has 0 heterocycles. The predicted molar refractivity (Wildman–Crippen MR) is 275 cm³/mol. The van der Waals surface area contributed by atoms with Gasteiger partial charge in [-0.2, -0.15) is 0 Å². The standard InChI is InChI=1S/C58H104O6/c1-4-7-10-13-16-19-22-25-27-29-30-32-33-36-39-42-45-48-51-57(60)63-54-55(53-62-56(59)50-47-44-41-38-35-24-21-18-15-12-9-6-3)64-58(61)52-49-46-43-40-37-34-31-28-26-23-20-17-14-11-8-5-2/h9,12,18,21,27,29-30,32,55H,4-8,10-11,13-17,19-20,22-26,28,31,33-54H2,1-3H3/b12-9-,21-18-,29-27-,32-30-. The minimum absolute atomic E-state index is 0.0833.